The van der Waals surface area contributed by atoms with Crippen molar-refractivity contribution in [1.29, 1.82) is 0 Å². The van der Waals surface area contributed by atoms with Crippen molar-refractivity contribution >= 4 is 16.7 Å². The van der Waals surface area contributed by atoms with Crippen molar-refractivity contribution < 1.29 is 4.74 Å². The molecule has 1 aliphatic rings. The van der Waals surface area contributed by atoms with Gasteiger partial charge in [0.2, 0.25) is 0 Å². The number of pyridine rings is 1. The van der Waals surface area contributed by atoms with Crippen LogP contribution < -0.4 is 5.32 Å². The van der Waals surface area contributed by atoms with E-state index < -0.39 is 0 Å². The third kappa shape index (κ3) is 4.46. The summed E-state index contributed by atoms with van der Waals surface area (Å²) in [4.78, 5) is 16.2. The van der Waals surface area contributed by atoms with Crippen LogP contribution in [0.2, 0.25) is 0 Å². The molecule has 1 N–H and O–H groups in total. The second kappa shape index (κ2) is 8.63. The zero-order valence-corrected chi connectivity index (χ0v) is 16.5. The van der Waals surface area contributed by atoms with Gasteiger partial charge in [0.05, 0.1) is 18.2 Å². The maximum Gasteiger partial charge on any atom is 0.163 e. The van der Waals surface area contributed by atoms with Gasteiger partial charge in [0.1, 0.15) is 5.82 Å². The molecule has 1 aromatic carbocycles. The number of ether oxygens (including phenoxy) is 1. The smallest absolute Gasteiger partial charge is 0.163 e. The highest BCUT2D eigenvalue weighted by Gasteiger charge is 2.21. The number of hydrogen-bond acceptors (Lipinski definition) is 6. The van der Waals surface area contributed by atoms with E-state index in [-0.39, 0.29) is 6.10 Å². The van der Waals surface area contributed by atoms with Gasteiger partial charge in [0.25, 0.3) is 0 Å². The zero-order valence-electron chi connectivity index (χ0n) is 16.5. The first-order valence-corrected chi connectivity index (χ1v) is 9.94. The fourth-order valence-corrected chi connectivity index (χ4v) is 3.63. The Labute approximate surface area is 166 Å². The van der Waals surface area contributed by atoms with Crippen LogP contribution in [0.4, 0.5) is 5.82 Å². The van der Waals surface area contributed by atoms with Crippen LogP contribution in [0, 0.1) is 5.92 Å². The van der Waals surface area contributed by atoms with E-state index in [1.807, 2.05) is 30.3 Å². The molecule has 1 unspecified atom stereocenters. The Morgan fingerprint density at radius 2 is 2.07 bits per heavy atom. The lowest BCUT2D eigenvalue weighted by molar-refractivity contribution is -0.0244. The monoisotopic (exact) mass is 377 g/mol. The number of rotatable bonds is 6. The molecule has 0 aliphatic carbocycles. The number of aromatic nitrogens is 3. The second-order valence-electron chi connectivity index (χ2n) is 7.68. The Kier molecular flexibility index (Phi) is 5.78. The highest BCUT2D eigenvalue weighted by Crippen LogP contribution is 2.24. The van der Waals surface area contributed by atoms with Gasteiger partial charge in [-0.3, -0.25) is 9.88 Å². The van der Waals surface area contributed by atoms with Crippen molar-refractivity contribution in [1.82, 2.24) is 19.9 Å². The average Bonchev–Trinajstić information content (AvgIpc) is 2.72. The van der Waals surface area contributed by atoms with Crippen molar-refractivity contribution in [2.24, 2.45) is 5.92 Å². The molecule has 28 heavy (non-hydrogen) atoms. The minimum Gasteiger partial charge on any atom is -0.374 e. The first kappa shape index (κ1) is 18.8. The number of morpholine rings is 1. The first-order chi connectivity index (χ1) is 13.7. The zero-order chi connectivity index (χ0) is 19.3. The molecule has 0 radical (unpaired) electrons. The number of hydrogen-bond donors (Lipinski definition) is 1. The van der Waals surface area contributed by atoms with E-state index in [1.165, 1.54) is 0 Å². The van der Waals surface area contributed by atoms with Crippen molar-refractivity contribution in [3.8, 4) is 11.4 Å². The van der Waals surface area contributed by atoms with E-state index in [9.17, 15) is 0 Å². The van der Waals surface area contributed by atoms with Gasteiger partial charge in [0.15, 0.2) is 5.82 Å². The van der Waals surface area contributed by atoms with Gasteiger partial charge in [-0.2, -0.15) is 0 Å². The molecule has 2 aromatic heterocycles. The van der Waals surface area contributed by atoms with E-state index in [1.54, 1.807) is 12.4 Å². The molecule has 1 atom stereocenters. The number of anilines is 1. The molecule has 1 fully saturated rings. The SMILES string of the molecule is CC(C)CN1CCOC(CNc2nc(-c3cccnc3)nc3ccccc23)C1. The third-order valence-corrected chi connectivity index (χ3v) is 4.87. The van der Waals surface area contributed by atoms with Gasteiger partial charge < -0.3 is 10.1 Å². The average molecular weight is 377 g/mol. The highest BCUT2D eigenvalue weighted by molar-refractivity contribution is 5.90. The largest absolute Gasteiger partial charge is 0.374 e. The van der Waals surface area contributed by atoms with Gasteiger partial charge >= 0.3 is 0 Å². The Morgan fingerprint density at radius 3 is 2.89 bits per heavy atom. The predicted octanol–water partition coefficient (Wildman–Crippen LogP) is 3.46. The van der Waals surface area contributed by atoms with E-state index >= 15 is 0 Å². The van der Waals surface area contributed by atoms with E-state index in [4.69, 9.17) is 14.7 Å². The first-order valence-electron chi connectivity index (χ1n) is 9.94. The van der Waals surface area contributed by atoms with E-state index in [2.05, 4.69) is 35.1 Å². The lowest BCUT2D eigenvalue weighted by atomic mass is 10.1. The topological polar surface area (TPSA) is 63.2 Å². The Morgan fingerprint density at radius 1 is 1.18 bits per heavy atom. The molecule has 0 saturated carbocycles. The van der Waals surface area contributed by atoms with E-state index in [0.29, 0.717) is 11.7 Å². The van der Waals surface area contributed by atoms with Crippen molar-refractivity contribution in [3.05, 3.63) is 48.8 Å². The highest BCUT2D eigenvalue weighted by atomic mass is 16.5. The molecule has 146 valence electrons. The molecule has 6 nitrogen and oxygen atoms in total. The predicted molar refractivity (Wildman–Crippen MR) is 112 cm³/mol. The number of benzene rings is 1. The summed E-state index contributed by atoms with van der Waals surface area (Å²) in [6.45, 7) is 9.10. The molecule has 0 amide bonds. The van der Waals surface area contributed by atoms with Crippen LogP contribution in [-0.2, 0) is 4.74 Å². The van der Waals surface area contributed by atoms with Crippen LogP contribution in [0.15, 0.2) is 48.8 Å². The van der Waals surface area contributed by atoms with E-state index in [0.717, 1.165) is 55.1 Å². The van der Waals surface area contributed by atoms with Gasteiger partial charge in [-0.25, -0.2) is 9.97 Å². The number of nitrogens with one attached hydrogen (secondary N) is 1. The maximum atomic E-state index is 5.98. The Bertz CT molecular complexity index is 915. The lowest BCUT2D eigenvalue weighted by Gasteiger charge is -2.34. The van der Waals surface area contributed by atoms with Gasteiger partial charge in [-0.15, -0.1) is 0 Å². The molecule has 1 saturated heterocycles. The van der Waals surface area contributed by atoms with Gasteiger partial charge in [0, 0.05) is 49.5 Å². The fourth-order valence-electron chi connectivity index (χ4n) is 3.63. The summed E-state index contributed by atoms with van der Waals surface area (Å²) < 4.78 is 5.98. The molecule has 1 aliphatic heterocycles. The molecule has 0 bridgehead atoms. The molecular weight excluding hydrogens is 350 g/mol. The minimum atomic E-state index is 0.156. The minimum absolute atomic E-state index is 0.156. The summed E-state index contributed by atoms with van der Waals surface area (Å²) in [7, 11) is 0. The molecule has 6 heteroatoms. The van der Waals surface area contributed by atoms with Crippen molar-refractivity contribution in [2.75, 3.05) is 38.1 Å². The maximum absolute atomic E-state index is 5.98. The summed E-state index contributed by atoms with van der Waals surface area (Å²) in [6, 6.07) is 12.0. The molecule has 4 rings (SSSR count). The Balaban J connectivity index is 1.54. The number of para-hydroxylation sites is 1. The van der Waals surface area contributed by atoms with Crippen LogP contribution in [0.3, 0.4) is 0 Å². The van der Waals surface area contributed by atoms with Crippen molar-refractivity contribution in [3.63, 3.8) is 0 Å². The van der Waals surface area contributed by atoms with Crippen molar-refractivity contribution in [2.45, 2.75) is 20.0 Å². The summed E-state index contributed by atoms with van der Waals surface area (Å²) in [6.07, 6.45) is 3.71. The van der Waals surface area contributed by atoms with Crippen LogP contribution >= 0.6 is 0 Å². The number of nitrogens with zero attached hydrogens (tertiary/aromatic N) is 4. The molecule has 3 heterocycles. The summed E-state index contributed by atoms with van der Waals surface area (Å²) >= 11 is 0. The van der Waals surface area contributed by atoms with Crippen LogP contribution in [0.25, 0.3) is 22.3 Å². The van der Waals surface area contributed by atoms with Crippen LogP contribution in [-0.4, -0.2) is 58.7 Å². The summed E-state index contributed by atoms with van der Waals surface area (Å²) in [5.74, 6) is 2.19. The summed E-state index contributed by atoms with van der Waals surface area (Å²) in [5.41, 5.74) is 1.83. The second-order valence-corrected chi connectivity index (χ2v) is 7.68. The van der Waals surface area contributed by atoms with Crippen LogP contribution in [0.1, 0.15) is 13.8 Å². The van der Waals surface area contributed by atoms with Crippen LogP contribution in [0.5, 0.6) is 0 Å². The quantitative estimate of drug-likeness (QED) is 0.710. The Hall–Kier alpha value is -2.57. The molecule has 0 spiro atoms. The number of fused-ring (bicyclic) bond motifs is 1. The third-order valence-electron chi connectivity index (χ3n) is 4.87. The summed E-state index contributed by atoms with van der Waals surface area (Å²) in [5, 5.41) is 4.54. The lowest BCUT2D eigenvalue weighted by Crippen LogP contribution is -2.46. The van der Waals surface area contributed by atoms with Gasteiger partial charge in [-0.05, 0) is 30.2 Å². The normalized spacial score (nSPS) is 17.9. The fraction of sp³-hybridized carbons (Fsp3) is 0.409. The standard InChI is InChI=1S/C22H27N5O/c1-16(2)14-27-10-11-28-18(15-27)13-24-22-19-7-3-4-8-20(19)25-21(26-22)17-6-5-9-23-12-17/h3-9,12,16,18H,10-11,13-15H2,1-2H3,(H,24,25,26). The van der Waals surface area contributed by atoms with Gasteiger partial charge in [-0.1, -0.05) is 26.0 Å². The molecule has 3 aromatic rings. The molecular formula is C22H27N5O.